The van der Waals surface area contributed by atoms with Crippen LogP contribution in [0.3, 0.4) is 0 Å². The minimum atomic E-state index is -1.17. The fourth-order valence-corrected chi connectivity index (χ4v) is 3.47. The van der Waals surface area contributed by atoms with Gasteiger partial charge in [-0.05, 0) is 50.6 Å². The molecule has 0 atom stereocenters. The van der Waals surface area contributed by atoms with Crippen LogP contribution < -0.4 is 10.1 Å². The number of aromatic nitrogens is 1. The second-order valence-electron chi connectivity index (χ2n) is 8.68. The van der Waals surface area contributed by atoms with E-state index in [1.165, 1.54) is 13.2 Å². The molecule has 0 unspecified atom stereocenters. The number of nitrogens with one attached hydrogen (secondary N) is 1. The first-order valence-corrected chi connectivity index (χ1v) is 10.9. The van der Waals surface area contributed by atoms with Gasteiger partial charge >= 0.3 is 18.0 Å². The maximum absolute atomic E-state index is 12.7. The Morgan fingerprint density at radius 1 is 1.09 bits per heavy atom. The molecule has 1 amide bonds. The molecule has 2 aromatic carbocycles. The van der Waals surface area contributed by atoms with Gasteiger partial charge in [-0.3, -0.25) is 10.1 Å². The number of carbonyl (C=O) groups is 3. The van der Waals surface area contributed by atoms with E-state index in [9.17, 15) is 19.5 Å². The molecule has 3 rings (SSSR count). The first-order chi connectivity index (χ1) is 16.6. The van der Waals surface area contributed by atoms with E-state index in [0.29, 0.717) is 22.2 Å². The monoisotopic (exact) mass is 480 g/mol. The Kier molecular flexibility index (Phi) is 7.80. The van der Waals surface area contributed by atoms with Crippen LogP contribution in [-0.2, 0) is 32.2 Å². The molecule has 9 heteroatoms. The van der Waals surface area contributed by atoms with Crippen LogP contribution in [0, 0.1) is 0 Å². The topological polar surface area (TPSA) is 116 Å². The Balaban J connectivity index is 2.05. The summed E-state index contributed by atoms with van der Waals surface area (Å²) in [5, 5.41) is 12.5. The molecular formula is C26H28N2O7. The first kappa shape index (κ1) is 25.4. The maximum Gasteiger partial charge on any atom is 0.413 e. The van der Waals surface area contributed by atoms with Gasteiger partial charge in [0, 0.05) is 17.0 Å². The van der Waals surface area contributed by atoms with Gasteiger partial charge < -0.3 is 23.9 Å². The van der Waals surface area contributed by atoms with Gasteiger partial charge in [0.1, 0.15) is 30.3 Å². The number of methoxy groups -OCH3 is 1. The third-order valence-corrected chi connectivity index (χ3v) is 4.84. The van der Waals surface area contributed by atoms with Crippen molar-refractivity contribution in [2.24, 2.45) is 0 Å². The minimum absolute atomic E-state index is 0.0348. The summed E-state index contributed by atoms with van der Waals surface area (Å²) in [6.45, 7) is 5.07. The van der Waals surface area contributed by atoms with E-state index >= 15 is 0 Å². The van der Waals surface area contributed by atoms with Crippen LogP contribution in [-0.4, -0.2) is 40.4 Å². The highest BCUT2D eigenvalue weighted by Gasteiger charge is 2.23. The van der Waals surface area contributed by atoms with Crippen LogP contribution in [0.25, 0.3) is 17.0 Å². The summed E-state index contributed by atoms with van der Waals surface area (Å²) in [5.74, 6) is -0.983. The van der Waals surface area contributed by atoms with Crippen LogP contribution in [0.2, 0.25) is 0 Å². The lowest BCUT2D eigenvalue weighted by Gasteiger charge is -2.20. The summed E-state index contributed by atoms with van der Waals surface area (Å²) in [5.41, 5.74) is 1.03. The highest BCUT2D eigenvalue weighted by molar-refractivity contribution is 6.03. The second kappa shape index (κ2) is 10.8. The largest absolute Gasteiger partial charge is 0.497 e. The van der Waals surface area contributed by atoms with Gasteiger partial charge in [0.2, 0.25) is 0 Å². The molecule has 0 saturated heterocycles. The zero-order chi connectivity index (χ0) is 25.6. The third-order valence-electron chi connectivity index (χ3n) is 4.84. The molecule has 0 saturated carbocycles. The molecule has 35 heavy (non-hydrogen) atoms. The molecule has 184 valence electrons. The Morgan fingerprint density at radius 2 is 1.80 bits per heavy atom. The zero-order valence-electron chi connectivity index (χ0n) is 20.0. The highest BCUT2D eigenvalue weighted by atomic mass is 16.6. The number of benzene rings is 2. The predicted molar refractivity (Wildman–Crippen MR) is 131 cm³/mol. The van der Waals surface area contributed by atoms with E-state index < -0.39 is 23.6 Å². The summed E-state index contributed by atoms with van der Waals surface area (Å²) in [6, 6.07) is 14.3. The molecule has 0 fully saturated rings. The number of rotatable bonds is 8. The van der Waals surface area contributed by atoms with E-state index in [1.54, 1.807) is 43.5 Å². The van der Waals surface area contributed by atoms with Crippen molar-refractivity contribution in [3.63, 3.8) is 0 Å². The summed E-state index contributed by atoms with van der Waals surface area (Å²) < 4.78 is 17.7. The molecule has 0 aliphatic carbocycles. The molecule has 0 aliphatic heterocycles. The molecule has 0 bridgehead atoms. The van der Waals surface area contributed by atoms with Crippen molar-refractivity contribution in [1.82, 2.24) is 4.57 Å². The van der Waals surface area contributed by atoms with E-state index in [4.69, 9.17) is 14.2 Å². The summed E-state index contributed by atoms with van der Waals surface area (Å²) in [7, 11) is 1.51. The Morgan fingerprint density at radius 3 is 2.43 bits per heavy atom. The van der Waals surface area contributed by atoms with Gasteiger partial charge in [-0.2, -0.15) is 0 Å². The van der Waals surface area contributed by atoms with Crippen LogP contribution in [0.4, 0.5) is 10.6 Å². The Hall–Kier alpha value is -4.27. The minimum Gasteiger partial charge on any atom is -0.497 e. The summed E-state index contributed by atoms with van der Waals surface area (Å²) in [4.78, 5) is 36.7. The van der Waals surface area contributed by atoms with E-state index in [0.717, 1.165) is 11.6 Å². The van der Waals surface area contributed by atoms with Gasteiger partial charge in [-0.15, -0.1) is 0 Å². The number of hydrogen-bond acceptors (Lipinski definition) is 6. The van der Waals surface area contributed by atoms with Crippen molar-refractivity contribution >= 4 is 40.8 Å². The van der Waals surface area contributed by atoms with Crippen molar-refractivity contribution < 1.29 is 33.7 Å². The molecule has 1 heterocycles. The Labute approximate surface area is 202 Å². The van der Waals surface area contributed by atoms with Crippen molar-refractivity contribution in [1.29, 1.82) is 0 Å². The average Bonchev–Trinajstić information content (AvgIpc) is 3.06. The highest BCUT2D eigenvalue weighted by Crippen LogP contribution is 2.34. The van der Waals surface area contributed by atoms with E-state index in [-0.39, 0.29) is 19.0 Å². The lowest BCUT2D eigenvalue weighted by Crippen LogP contribution is -2.27. The number of amides is 1. The molecule has 3 aromatic rings. The standard InChI is InChI=1S/C26H28N2O7/c1-26(2,3)35-23(31)15-28-21-12-10-18(33-4)14-20(21)19(11-13-22(29)30)24(28)27-25(32)34-16-17-8-6-5-7-9-17/h5-14H,15-16H2,1-4H3,(H,27,32)(H,29,30)/b13-11+. The van der Waals surface area contributed by atoms with E-state index in [2.05, 4.69) is 5.32 Å². The van der Waals surface area contributed by atoms with Crippen molar-refractivity contribution in [2.45, 2.75) is 39.5 Å². The van der Waals surface area contributed by atoms with Crippen LogP contribution >= 0.6 is 0 Å². The molecule has 2 N–H and O–H groups in total. The number of aliphatic carboxylic acids is 1. The SMILES string of the molecule is COc1ccc2c(c1)c(/C=C/C(=O)O)c(NC(=O)OCc1ccccc1)n2CC(=O)OC(C)(C)C. The second-order valence-corrected chi connectivity index (χ2v) is 8.68. The molecular weight excluding hydrogens is 452 g/mol. The third kappa shape index (κ3) is 6.86. The first-order valence-electron chi connectivity index (χ1n) is 10.9. The predicted octanol–water partition coefficient (Wildman–Crippen LogP) is 4.84. The lowest BCUT2D eigenvalue weighted by atomic mass is 10.1. The molecule has 1 aromatic heterocycles. The van der Waals surface area contributed by atoms with Gasteiger partial charge in [0.05, 0.1) is 12.6 Å². The smallest absolute Gasteiger partial charge is 0.413 e. The average molecular weight is 481 g/mol. The van der Waals surface area contributed by atoms with Gasteiger partial charge in [0.25, 0.3) is 0 Å². The maximum atomic E-state index is 12.7. The molecule has 0 spiro atoms. The van der Waals surface area contributed by atoms with Gasteiger partial charge in [-0.1, -0.05) is 30.3 Å². The molecule has 0 radical (unpaired) electrons. The van der Waals surface area contributed by atoms with Crippen LogP contribution in [0.1, 0.15) is 31.9 Å². The number of ether oxygens (including phenoxy) is 3. The number of carboxylic acid groups (broad SMARTS) is 1. The van der Waals surface area contributed by atoms with Crippen molar-refractivity contribution in [3.05, 3.63) is 65.7 Å². The number of hydrogen-bond donors (Lipinski definition) is 2. The van der Waals surface area contributed by atoms with Gasteiger partial charge in [-0.25, -0.2) is 9.59 Å². The van der Waals surface area contributed by atoms with E-state index in [1.807, 2.05) is 30.3 Å². The molecule has 0 aliphatic rings. The summed E-state index contributed by atoms with van der Waals surface area (Å²) in [6.07, 6.45) is 1.54. The van der Waals surface area contributed by atoms with Crippen LogP contribution in [0.5, 0.6) is 5.75 Å². The Bertz CT molecular complexity index is 1250. The van der Waals surface area contributed by atoms with Gasteiger partial charge in [0.15, 0.2) is 0 Å². The number of fused-ring (bicyclic) bond motifs is 1. The van der Waals surface area contributed by atoms with Crippen LogP contribution in [0.15, 0.2) is 54.6 Å². The quantitative estimate of drug-likeness (QED) is 0.350. The fourth-order valence-electron chi connectivity index (χ4n) is 3.47. The number of carboxylic acids is 1. The number of carbonyl (C=O) groups excluding carboxylic acids is 2. The fraction of sp³-hybridized carbons (Fsp3) is 0.269. The van der Waals surface area contributed by atoms with Crippen molar-refractivity contribution in [3.8, 4) is 5.75 Å². The summed E-state index contributed by atoms with van der Waals surface area (Å²) >= 11 is 0. The van der Waals surface area contributed by atoms with Crippen molar-refractivity contribution in [2.75, 3.05) is 12.4 Å². The molecule has 9 nitrogen and oxygen atoms in total. The lowest BCUT2D eigenvalue weighted by molar-refractivity contribution is -0.155. The number of nitrogens with zero attached hydrogens (tertiary/aromatic N) is 1. The zero-order valence-corrected chi connectivity index (χ0v) is 20.0. The number of anilines is 1. The normalized spacial score (nSPS) is 11.4. The number of esters is 1.